The van der Waals surface area contributed by atoms with E-state index in [1.807, 2.05) is 19.9 Å². The van der Waals surface area contributed by atoms with E-state index in [2.05, 4.69) is 27.7 Å². The third-order valence-corrected chi connectivity index (χ3v) is 12.7. The summed E-state index contributed by atoms with van der Waals surface area (Å²) in [7, 11) is 0. The van der Waals surface area contributed by atoms with Gasteiger partial charge in [-0.05, 0) is 112 Å². The lowest BCUT2D eigenvalue weighted by molar-refractivity contribution is -0.240. The molecule has 5 aliphatic carbocycles. The SMILES string of the molecule is CC(C)=CC[C@@H](C(=O)O)[C@@H]1C2C[C@@H](O)C3[C@@]4(C)CC[C@@H](O)[C@@H](C)C4CC[C@]3(C)[C@@]2(C)C[C@@H]1OC(=O)C1CC1. The van der Waals surface area contributed by atoms with Crippen molar-refractivity contribution in [1.29, 1.82) is 0 Å². The Morgan fingerprint density at radius 2 is 1.66 bits per heavy atom. The van der Waals surface area contributed by atoms with Gasteiger partial charge in [0, 0.05) is 5.92 Å². The molecule has 5 fully saturated rings. The summed E-state index contributed by atoms with van der Waals surface area (Å²) in [5.41, 5.74) is 0.549. The second kappa shape index (κ2) is 9.61. The molecule has 5 saturated carbocycles. The zero-order chi connectivity index (χ0) is 27.8. The fraction of sp³-hybridized carbons (Fsp3) is 0.875. The Labute approximate surface area is 228 Å². The molecule has 0 bridgehead atoms. The molecule has 0 aromatic carbocycles. The lowest BCUT2D eigenvalue weighted by Gasteiger charge is -2.69. The van der Waals surface area contributed by atoms with Crippen LogP contribution in [-0.4, -0.2) is 45.6 Å². The Bertz CT molecular complexity index is 982. The molecule has 38 heavy (non-hydrogen) atoms. The summed E-state index contributed by atoms with van der Waals surface area (Å²) in [5, 5.41) is 33.1. The van der Waals surface area contributed by atoms with E-state index >= 15 is 0 Å². The number of fused-ring (bicyclic) bond motifs is 5. The van der Waals surface area contributed by atoms with Gasteiger partial charge in [-0.15, -0.1) is 0 Å². The van der Waals surface area contributed by atoms with Crippen molar-refractivity contribution in [3.8, 4) is 0 Å². The molecule has 5 rings (SSSR count). The molecule has 0 radical (unpaired) electrons. The maximum atomic E-state index is 13.0. The van der Waals surface area contributed by atoms with Crippen molar-refractivity contribution in [2.75, 3.05) is 0 Å². The summed E-state index contributed by atoms with van der Waals surface area (Å²) in [6.45, 7) is 13.2. The van der Waals surface area contributed by atoms with Gasteiger partial charge in [0.1, 0.15) is 6.10 Å². The van der Waals surface area contributed by atoms with Gasteiger partial charge in [0.2, 0.25) is 0 Å². The molecule has 0 aromatic rings. The molecule has 0 saturated heterocycles. The number of hydrogen-bond donors (Lipinski definition) is 3. The van der Waals surface area contributed by atoms with Crippen molar-refractivity contribution in [1.82, 2.24) is 0 Å². The van der Waals surface area contributed by atoms with Gasteiger partial charge in [-0.3, -0.25) is 9.59 Å². The van der Waals surface area contributed by atoms with Gasteiger partial charge in [-0.2, -0.15) is 0 Å². The maximum absolute atomic E-state index is 13.0. The van der Waals surface area contributed by atoms with Crippen LogP contribution in [-0.2, 0) is 14.3 Å². The molecule has 6 heteroatoms. The van der Waals surface area contributed by atoms with Crippen LogP contribution in [0.1, 0.15) is 99.3 Å². The van der Waals surface area contributed by atoms with Gasteiger partial charge in [0.15, 0.2) is 0 Å². The Kier molecular flexibility index (Phi) is 7.12. The van der Waals surface area contributed by atoms with Crippen molar-refractivity contribution < 1.29 is 29.6 Å². The molecule has 3 N–H and O–H groups in total. The number of esters is 1. The lowest BCUT2D eigenvalue weighted by atomic mass is 9.36. The molecule has 0 aromatic heterocycles. The first kappa shape index (κ1) is 28.1. The fourth-order valence-electron chi connectivity index (χ4n) is 10.5. The number of hydrogen-bond acceptors (Lipinski definition) is 5. The first-order valence-electron chi connectivity index (χ1n) is 15.2. The van der Waals surface area contributed by atoms with E-state index in [1.165, 1.54) is 0 Å². The topological polar surface area (TPSA) is 104 Å². The fourth-order valence-corrected chi connectivity index (χ4v) is 10.5. The first-order chi connectivity index (χ1) is 17.7. The quantitative estimate of drug-likeness (QED) is 0.305. The summed E-state index contributed by atoms with van der Waals surface area (Å²) in [6.07, 6.45) is 7.72. The standard InChI is InChI=1S/C32H50O6/c1-17(2)7-10-20(28(35)36)26-22-15-24(34)27-30(4)13-12-23(33)18(3)21(30)11-14-31(27,5)32(22,6)16-25(26)38-29(37)19-8-9-19/h7,18-27,33-34H,8-16H2,1-6H3,(H,35,36)/t18-,20+,21?,22?,23+,24+,25-,26+,27?,30-,31-,32-/m0/s1. The molecule has 0 heterocycles. The van der Waals surface area contributed by atoms with Gasteiger partial charge < -0.3 is 20.1 Å². The largest absolute Gasteiger partial charge is 0.481 e. The normalized spacial score (nSPS) is 48.7. The monoisotopic (exact) mass is 530 g/mol. The van der Waals surface area contributed by atoms with Crippen LogP contribution >= 0.6 is 0 Å². The van der Waals surface area contributed by atoms with E-state index in [9.17, 15) is 24.9 Å². The van der Waals surface area contributed by atoms with E-state index in [4.69, 9.17) is 4.74 Å². The summed E-state index contributed by atoms with van der Waals surface area (Å²) < 4.78 is 6.23. The zero-order valence-electron chi connectivity index (χ0n) is 24.3. The van der Waals surface area contributed by atoms with Gasteiger partial charge in [-0.1, -0.05) is 39.3 Å². The number of aliphatic hydroxyl groups excluding tert-OH is 2. The van der Waals surface area contributed by atoms with E-state index in [-0.39, 0.29) is 57.9 Å². The smallest absolute Gasteiger partial charge is 0.309 e. The Morgan fingerprint density at radius 1 is 0.974 bits per heavy atom. The molecule has 6 nitrogen and oxygen atoms in total. The second-order valence-corrected chi connectivity index (χ2v) is 14.8. The number of aliphatic hydroxyl groups is 2. The van der Waals surface area contributed by atoms with Crippen LogP contribution in [0.4, 0.5) is 0 Å². The Balaban J connectivity index is 1.55. The molecule has 12 atom stereocenters. The van der Waals surface area contributed by atoms with Gasteiger partial charge >= 0.3 is 11.9 Å². The predicted octanol–water partition coefficient (Wildman–Crippen LogP) is 5.60. The third kappa shape index (κ3) is 4.19. The number of rotatable bonds is 6. The third-order valence-electron chi connectivity index (χ3n) is 12.7. The average Bonchev–Trinajstić information content (AvgIpc) is 3.63. The van der Waals surface area contributed by atoms with Crippen LogP contribution in [0.25, 0.3) is 0 Å². The number of carboxylic acid groups (broad SMARTS) is 1. The number of allylic oxidation sites excluding steroid dienone is 2. The lowest BCUT2D eigenvalue weighted by Crippen LogP contribution is -2.66. The maximum Gasteiger partial charge on any atom is 0.309 e. The predicted molar refractivity (Wildman–Crippen MR) is 145 cm³/mol. The van der Waals surface area contributed by atoms with Crippen LogP contribution < -0.4 is 0 Å². The number of carbonyl (C=O) groups is 2. The minimum absolute atomic E-state index is 0.0332. The molecule has 0 spiro atoms. The molecular formula is C32H50O6. The molecule has 214 valence electrons. The van der Waals surface area contributed by atoms with E-state index in [0.717, 1.165) is 44.1 Å². The highest BCUT2D eigenvalue weighted by molar-refractivity contribution is 5.75. The van der Waals surface area contributed by atoms with Crippen LogP contribution in [0.2, 0.25) is 0 Å². The summed E-state index contributed by atoms with van der Waals surface area (Å²) >= 11 is 0. The van der Waals surface area contributed by atoms with Crippen molar-refractivity contribution in [3.63, 3.8) is 0 Å². The van der Waals surface area contributed by atoms with Crippen molar-refractivity contribution >= 4 is 11.9 Å². The average molecular weight is 531 g/mol. The van der Waals surface area contributed by atoms with Crippen molar-refractivity contribution in [2.24, 2.45) is 57.7 Å². The minimum atomic E-state index is -0.836. The number of carboxylic acids is 1. The van der Waals surface area contributed by atoms with Crippen molar-refractivity contribution in [3.05, 3.63) is 11.6 Å². The van der Waals surface area contributed by atoms with Crippen LogP contribution in [0.3, 0.4) is 0 Å². The molecule has 0 amide bonds. The molecule has 0 aliphatic heterocycles. The summed E-state index contributed by atoms with van der Waals surface area (Å²) in [4.78, 5) is 25.7. The van der Waals surface area contributed by atoms with E-state index in [0.29, 0.717) is 25.2 Å². The Hall–Kier alpha value is -1.40. The van der Waals surface area contributed by atoms with E-state index in [1.54, 1.807) is 0 Å². The van der Waals surface area contributed by atoms with Crippen LogP contribution in [0, 0.1) is 57.7 Å². The number of ether oxygens (including phenoxy) is 1. The number of aliphatic carboxylic acids is 1. The summed E-state index contributed by atoms with van der Waals surface area (Å²) in [6, 6.07) is 0. The second-order valence-electron chi connectivity index (χ2n) is 14.8. The molecule has 3 unspecified atom stereocenters. The van der Waals surface area contributed by atoms with Crippen LogP contribution in [0.15, 0.2) is 11.6 Å². The Morgan fingerprint density at radius 3 is 2.26 bits per heavy atom. The molecular weight excluding hydrogens is 480 g/mol. The van der Waals surface area contributed by atoms with Gasteiger partial charge in [0.25, 0.3) is 0 Å². The first-order valence-corrected chi connectivity index (χ1v) is 15.2. The summed E-state index contributed by atoms with van der Waals surface area (Å²) in [5.74, 6) is -1.40. The van der Waals surface area contributed by atoms with Gasteiger partial charge in [0.05, 0.1) is 24.0 Å². The van der Waals surface area contributed by atoms with Crippen LogP contribution in [0.5, 0.6) is 0 Å². The molecule has 5 aliphatic rings. The highest BCUT2D eigenvalue weighted by Gasteiger charge is 2.72. The minimum Gasteiger partial charge on any atom is -0.481 e. The highest BCUT2D eigenvalue weighted by atomic mass is 16.5. The number of carbonyl (C=O) groups excluding carboxylic acids is 1. The van der Waals surface area contributed by atoms with E-state index < -0.39 is 24.1 Å². The highest BCUT2D eigenvalue weighted by Crippen LogP contribution is 2.75. The van der Waals surface area contributed by atoms with Gasteiger partial charge in [-0.25, -0.2) is 0 Å². The van der Waals surface area contributed by atoms with Crippen molar-refractivity contribution in [2.45, 2.75) is 118 Å². The zero-order valence-corrected chi connectivity index (χ0v) is 24.3.